The topological polar surface area (TPSA) is 134 Å². The highest BCUT2D eigenvalue weighted by Gasteiger charge is 2.27. The molecule has 0 aromatic carbocycles. The fraction of sp³-hybridized carbons (Fsp3) is 0.250. The summed E-state index contributed by atoms with van der Waals surface area (Å²) in [5, 5.41) is 17.8. The number of aromatic nitrogens is 4. The lowest BCUT2D eigenvalue weighted by Gasteiger charge is -1.96. The van der Waals surface area contributed by atoms with E-state index in [-0.39, 0.29) is 23.4 Å². The minimum absolute atomic E-state index is 0.149. The summed E-state index contributed by atoms with van der Waals surface area (Å²) in [6.07, 6.45) is 0.950. The van der Waals surface area contributed by atoms with Gasteiger partial charge in [-0.3, -0.25) is 0 Å². The predicted molar refractivity (Wildman–Crippen MR) is 61.0 cm³/mol. The van der Waals surface area contributed by atoms with E-state index >= 15 is 0 Å². The number of nitro groups is 1. The first-order chi connectivity index (χ1) is 8.91. The fourth-order valence-electron chi connectivity index (χ4n) is 1.41. The van der Waals surface area contributed by atoms with Crippen molar-refractivity contribution in [3.63, 3.8) is 0 Å². The number of nitrogens with zero attached hydrogens (tertiary/aromatic N) is 5. The summed E-state index contributed by atoms with van der Waals surface area (Å²) >= 11 is 0. The molecule has 0 amide bonds. The zero-order valence-electron chi connectivity index (χ0n) is 9.76. The van der Waals surface area contributed by atoms with Crippen molar-refractivity contribution >= 4 is 21.0 Å². The lowest BCUT2D eigenvalue weighted by atomic mass is 10.4. The van der Waals surface area contributed by atoms with Gasteiger partial charge in [0.1, 0.15) is 6.20 Å². The lowest BCUT2D eigenvalue weighted by molar-refractivity contribution is -0.391. The number of imidazole rings is 1. The van der Waals surface area contributed by atoms with Crippen molar-refractivity contribution in [3.8, 4) is 0 Å². The highest BCUT2D eigenvalue weighted by Crippen LogP contribution is 2.15. The Bertz CT molecular complexity index is 778. The minimum Gasteiger partial charge on any atom is -0.420 e. The molecule has 0 saturated carbocycles. The molecule has 0 fully saturated rings. The van der Waals surface area contributed by atoms with Crippen molar-refractivity contribution in [2.45, 2.75) is 6.92 Å². The third-order valence-electron chi connectivity index (χ3n) is 2.24. The van der Waals surface area contributed by atoms with Crippen molar-refractivity contribution in [3.05, 3.63) is 33.9 Å². The van der Waals surface area contributed by atoms with E-state index in [1.807, 2.05) is 0 Å². The SMILES string of the molecule is Cc1nnc(C(c2ncc([N+](=O)[O-])n2C)=S(=O)=O)o1. The maximum Gasteiger partial charge on any atom is 0.342 e. The molecule has 0 atom stereocenters. The molecule has 0 spiro atoms. The molecule has 0 N–H and O–H groups in total. The van der Waals surface area contributed by atoms with E-state index in [4.69, 9.17) is 4.42 Å². The van der Waals surface area contributed by atoms with Crippen molar-refractivity contribution in [1.29, 1.82) is 0 Å². The second-order valence-electron chi connectivity index (χ2n) is 3.45. The summed E-state index contributed by atoms with van der Waals surface area (Å²) in [7, 11) is -1.42. The van der Waals surface area contributed by atoms with Gasteiger partial charge in [-0.1, -0.05) is 0 Å². The zero-order valence-corrected chi connectivity index (χ0v) is 10.6. The number of aryl methyl sites for hydroxylation is 1. The van der Waals surface area contributed by atoms with Gasteiger partial charge in [0.2, 0.25) is 26.9 Å². The Labute approximate surface area is 107 Å². The van der Waals surface area contributed by atoms with Gasteiger partial charge in [0.25, 0.3) is 5.89 Å². The van der Waals surface area contributed by atoms with E-state index < -0.39 is 20.1 Å². The molecule has 0 bridgehead atoms. The Morgan fingerprint density at radius 2 is 2.16 bits per heavy atom. The molecule has 2 aromatic heterocycles. The van der Waals surface area contributed by atoms with Gasteiger partial charge in [-0.15, -0.1) is 10.2 Å². The van der Waals surface area contributed by atoms with Gasteiger partial charge in [-0.2, -0.15) is 8.42 Å². The monoisotopic (exact) mass is 285 g/mol. The van der Waals surface area contributed by atoms with Crippen LogP contribution in [0.25, 0.3) is 0 Å². The Kier molecular flexibility index (Phi) is 3.12. The van der Waals surface area contributed by atoms with Crippen LogP contribution in [-0.2, 0) is 17.3 Å². The molecule has 0 aliphatic carbocycles. The van der Waals surface area contributed by atoms with Crippen LogP contribution >= 0.6 is 0 Å². The standard InChI is InChI=1S/C8H7N5O5S/c1-4-10-11-8(18-4)6(19(16)17)7-9-3-5(12(7)2)13(14)15/h3H,1-2H3. The molecule has 0 aliphatic rings. The first-order valence-electron chi connectivity index (χ1n) is 4.85. The molecule has 0 unspecified atom stereocenters. The Morgan fingerprint density at radius 1 is 1.47 bits per heavy atom. The Hall–Kier alpha value is -2.56. The number of hydrogen-bond donors (Lipinski definition) is 0. The van der Waals surface area contributed by atoms with Crippen LogP contribution in [0, 0.1) is 17.0 Å². The molecule has 2 aromatic rings. The van der Waals surface area contributed by atoms with Gasteiger partial charge in [0.05, 0.1) is 7.05 Å². The maximum atomic E-state index is 11.3. The molecule has 0 radical (unpaired) electrons. The van der Waals surface area contributed by atoms with Gasteiger partial charge < -0.3 is 14.5 Å². The molecule has 100 valence electrons. The van der Waals surface area contributed by atoms with Gasteiger partial charge >= 0.3 is 5.82 Å². The molecule has 19 heavy (non-hydrogen) atoms. The molecular weight excluding hydrogens is 278 g/mol. The maximum absolute atomic E-state index is 11.3. The van der Waals surface area contributed by atoms with Crippen LogP contribution in [0.4, 0.5) is 5.82 Å². The average molecular weight is 285 g/mol. The second-order valence-corrected chi connectivity index (χ2v) is 4.32. The van der Waals surface area contributed by atoms with Crippen LogP contribution in [0.15, 0.2) is 10.6 Å². The van der Waals surface area contributed by atoms with E-state index in [1.165, 1.54) is 14.0 Å². The van der Waals surface area contributed by atoms with Crippen molar-refractivity contribution in [2.24, 2.45) is 7.05 Å². The van der Waals surface area contributed by atoms with Crippen molar-refractivity contribution in [1.82, 2.24) is 19.7 Å². The highest BCUT2D eigenvalue weighted by molar-refractivity contribution is 7.73. The molecule has 10 nitrogen and oxygen atoms in total. The molecule has 0 aliphatic heterocycles. The number of rotatable bonds is 3. The Balaban J connectivity index is 2.67. The molecule has 2 heterocycles. The minimum atomic E-state index is -2.74. The normalized spacial score (nSPS) is 10.4. The van der Waals surface area contributed by atoms with Crippen LogP contribution in [-0.4, -0.2) is 38.0 Å². The average Bonchev–Trinajstić information content (AvgIpc) is 2.87. The summed E-state index contributed by atoms with van der Waals surface area (Å²) in [5.74, 6) is -0.603. The smallest absolute Gasteiger partial charge is 0.342 e. The second kappa shape index (κ2) is 4.61. The van der Waals surface area contributed by atoms with Gasteiger partial charge in [-0.05, 0) is 4.92 Å². The summed E-state index contributed by atoms with van der Waals surface area (Å²) in [5.41, 5.74) is 0. The summed E-state index contributed by atoms with van der Waals surface area (Å²) < 4.78 is 28.5. The first-order valence-corrected chi connectivity index (χ1v) is 5.92. The summed E-state index contributed by atoms with van der Waals surface area (Å²) in [6.45, 7) is 1.49. The molecule has 11 heteroatoms. The van der Waals surface area contributed by atoms with E-state index in [2.05, 4.69) is 15.2 Å². The molecule has 2 rings (SSSR count). The third kappa shape index (κ3) is 2.22. The van der Waals surface area contributed by atoms with Gasteiger partial charge in [-0.25, -0.2) is 9.55 Å². The third-order valence-corrected chi connectivity index (χ3v) is 2.93. The van der Waals surface area contributed by atoms with E-state index in [9.17, 15) is 18.5 Å². The largest absolute Gasteiger partial charge is 0.420 e. The van der Waals surface area contributed by atoms with Gasteiger partial charge in [0.15, 0.2) is 0 Å². The molecular formula is C8H7N5O5S. The van der Waals surface area contributed by atoms with Crippen LogP contribution in [0.2, 0.25) is 0 Å². The van der Waals surface area contributed by atoms with Crippen molar-refractivity contribution in [2.75, 3.05) is 0 Å². The van der Waals surface area contributed by atoms with Crippen molar-refractivity contribution < 1.29 is 17.8 Å². The summed E-state index contributed by atoms with van der Waals surface area (Å²) in [6, 6.07) is 0. The van der Waals surface area contributed by atoms with E-state index in [0.717, 1.165) is 10.8 Å². The Morgan fingerprint density at radius 3 is 2.58 bits per heavy atom. The zero-order chi connectivity index (χ0) is 14.2. The molecule has 0 saturated heterocycles. The van der Waals surface area contributed by atoms with E-state index in [1.54, 1.807) is 0 Å². The lowest BCUT2D eigenvalue weighted by Crippen LogP contribution is -2.13. The van der Waals surface area contributed by atoms with Crippen LogP contribution in [0.3, 0.4) is 0 Å². The van der Waals surface area contributed by atoms with Crippen LogP contribution in [0.1, 0.15) is 17.6 Å². The first kappa shape index (κ1) is 12.9. The van der Waals surface area contributed by atoms with Crippen LogP contribution < -0.4 is 0 Å². The van der Waals surface area contributed by atoms with Gasteiger partial charge in [0, 0.05) is 6.92 Å². The quantitative estimate of drug-likeness (QED) is 0.318. The highest BCUT2D eigenvalue weighted by atomic mass is 32.2. The van der Waals surface area contributed by atoms with Crippen LogP contribution in [0.5, 0.6) is 0 Å². The van der Waals surface area contributed by atoms with E-state index in [0.29, 0.717) is 0 Å². The fourth-order valence-corrected chi connectivity index (χ4v) is 1.97. The number of hydrogen-bond acceptors (Lipinski definition) is 8. The summed E-state index contributed by atoms with van der Waals surface area (Å²) in [4.78, 5) is 13.3. The predicted octanol–water partition coefficient (Wildman–Crippen LogP) is -0.532.